The largest absolute Gasteiger partial charge is 0.390 e. The highest BCUT2D eigenvalue weighted by Gasteiger charge is 2.31. The quantitative estimate of drug-likeness (QED) is 0.795. The highest BCUT2D eigenvalue weighted by molar-refractivity contribution is 6.31. The minimum Gasteiger partial charge on any atom is -0.390 e. The number of aliphatic hydroxyl groups is 1. The van der Waals surface area contributed by atoms with Gasteiger partial charge in [-0.25, -0.2) is 4.79 Å². The van der Waals surface area contributed by atoms with Crippen LogP contribution in [-0.2, 0) is 6.42 Å². The van der Waals surface area contributed by atoms with Crippen LogP contribution in [-0.4, -0.2) is 17.2 Å². The summed E-state index contributed by atoms with van der Waals surface area (Å²) in [5.74, 6) is 0. The molecule has 4 nitrogen and oxygen atoms in total. The zero-order valence-corrected chi connectivity index (χ0v) is 12.9. The van der Waals surface area contributed by atoms with Gasteiger partial charge < -0.3 is 15.7 Å². The summed E-state index contributed by atoms with van der Waals surface area (Å²) in [7, 11) is 0. The van der Waals surface area contributed by atoms with Crippen LogP contribution in [0.2, 0.25) is 5.02 Å². The number of hydrogen-bond acceptors (Lipinski definition) is 2. The average molecular weight is 317 g/mol. The molecule has 1 aliphatic rings. The summed E-state index contributed by atoms with van der Waals surface area (Å²) in [6, 6.07) is 12.3. The predicted molar refractivity (Wildman–Crippen MR) is 87.2 cm³/mol. The molecule has 2 amide bonds. The maximum absolute atomic E-state index is 12.2. The van der Waals surface area contributed by atoms with E-state index >= 15 is 0 Å². The first-order valence-electron chi connectivity index (χ1n) is 7.15. The number of nitrogens with one attached hydrogen (secondary N) is 2. The molecule has 2 aromatic carbocycles. The molecule has 1 aliphatic carbocycles. The summed E-state index contributed by atoms with van der Waals surface area (Å²) in [5, 5.41) is 16.4. The Labute approximate surface area is 134 Å². The Morgan fingerprint density at radius 1 is 1.23 bits per heavy atom. The minimum absolute atomic E-state index is 0.355. The predicted octanol–water partition coefficient (Wildman–Crippen LogP) is 3.43. The van der Waals surface area contributed by atoms with Gasteiger partial charge in [-0.3, -0.25) is 0 Å². The van der Waals surface area contributed by atoms with Crippen molar-refractivity contribution in [2.75, 3.05) is 5.32 Å². The first kappa shape index (κ1) is 14.9. The van der Waals surface area contributed by atoms with Crippen LogP contribution in [0.25, 0.3) is 0 Å². The Kier molecular flexibility index (Phi) is 4.05. The van der Waals surface area contributed by atoms with Crippen LogP contribution < -0.4 is 10.6 Å². The molecule has 0 saturated carbocycles. The number of fused-ring (bicyclic) bond motifs is 1. The van der Waals surface area contributed by atoms with Crippen LogP contribution in [0.3, 0.4) is 0 Å². The normalized spacial score (nSPS) is 19.6. The molecule has 5 heteroatoms. The molecule has 0 fully saturated rings. The van der Waals surface area contributed by atoms with Crippen LogP contribution in [0.4, 0.5) is 10.5 Å². The van der Waals surface area contributed by atoms with Crippen molar-refractivity contribution >= 4 is 23.3 Å². The van der Waals surface area contributed by atoms with Crippen LogP contribution in [0.15, 0.2) is 42.5 Å². The van der Waals surface area contributed by atoms with Gasteiger partial charge in [-0.05, 0) is 35.7 Å². The number of carbonyl (C=O) groups is 1. The lowest BCUT2D eigenvalue weighted by Gasteiger charge is -2.19. The van der Waals surface area contributed by atoms with Crippen LogP contribution in [0.5, 0.6) is 0 Å². The highest BCUT2D eigenvalue weighted by Crippen LogP contribution is 2.31. The molecule has 0 bridgehead atoms. The molecular formula is C17H17ClN2O2. The summed E-state index contributed by atoms with van der Waals surface area (Å²) in [6.07, 6.45) is -0.0549. The van der Waals surface area contributed by atoms with Gasteiger partial charge in [-0.15, -0.1) is 0 Å². The molecule has 22 heavy (non-hydrogen) atoms. The molecule has 2 atom stereocenters. The van der Waals surface area contributed by atoms with Gasteiger partial charge in [0.05, 0.1) is 12.1 Å². The van der Waals surface area contributed by atoms with Gasteiger partial charge in [0.2, 0.25) is 0 Å². The summed E-state index contributed by atoms with van der Waals surface area (Å²) >= 11 is 6.05. The Balaban J connectivity index is 1.74. The molecule has 3 N–H and O–H groups in total. The van der Waals surface area contributed by atoms with E-state index in [0.717, 1.165) is 16.7 Å². The molecular weight excluding hydrogens is 300 g/mol. The second kappa shape index (κ2) is 5.99. The number of aliphatic hydroxyl groups excluding tert-OH is 1. The van der Waals surface area contributed by atoms with E-state index in [1.165, 1.54) is 0 Å². The molecule has 0 spiro atoms. The number of amides is 2. The van der Waals surface area contributed by atoms with Gasteiger partial charge in [0.15, 0.2) is 0 Å². The molecule has 114 valence electrons. The van der Waals surface area contributed by atoms with Crippen molar-refractivity contribution in [3.8, 4) is 0 Å². The van der Waals surface area contributed by atoms with Crippen molar-refractivity contribution in [3.63, 3.8) is 0 Å². The number of halogens is 1. The van der Waals surface area contributed by atoms with Crippen molar-refractivity contribution in [2.24, 2.45) is 0 Å². The van der Waals surface area contributed by atoms with Gasteiger partial charge in [0.25, 0.3) is 0 Å². The highest BCUT2D eigenvalue weighted by atomic mass is 35.5. The standard InChI is InChI=1S/C17H17ClN2O2/c1-10-13(18)7-4-8-14(10)19-17(22)20-16-12-6-3-2-5-11(12)9-15(16)21/h2-8,15-16,21H,9H2,1H3,(H2,19,20,22)/t15-,16+/m0/s1. The van der Waals surface area contributed by atoms with Gasteiger partial charge in [-0.1, -0.05) is 41.9 Å². The van der Waals surface area contributed by atoms with E-state index in [-0.39, 0.29) is 6.03 Å². The monoisotopic (exact) mass is 316 g/mol. The number of rotatable bonds is 2. The molecule has 0 heterocycles. The maximum Gasteiger partial charge on any atom is 0.319 e. The SMILES string of the molecule is Cc1c(Cl)cccc1NC(=O)N[C@@H]1c2ccccc2C[C@@H]1O. The fraction of sp³-hybridized carbons (Fsp3) is 0.235. The smallest absolute Gasteiger partial charge is 0.319 e. The third kappa shape index (κ3) is 2.80. The lowest BCUT2D eigenvalue weighted by atomic mass is 10.1. The molecule has 2 aromatic rings. The molecule has 0 aliphatic heterocycles. The van der Waals surface area contributed by atoms with Crippen molar-refractivity contribution in [1.82, 2.24) is 5.32 Å². The summed E-state index contributed by atoms with van der Waals surface area (Å²) in [5.41, 5.74) is 3.50. The lowest BCUT2D eigenvalue weighted by molar-refractivity contribution is 0.144. The van der Waals surface area contributed by atoms with E-state index in [1.54, 1.807) is 18.2 Å². The number of benzene rings is 2. The van der Waals surface area contributed by atoms with Gasteiger partial charge >= 0.3 is 6.03 Å². The minimum atomic E-state index is -0.608. The summed E-state index contributed by atoms with van der Waals surface area (Å²) in [4.78, 5) is 12.2. The fourth-order valence-corrected chi connectivity index (χ4v) is 2.96. The lowest BCUT2D eigenvalue weighted by Crippen LogP contribution is -2.36. The Bertz CT molecular complexity index is 718. The topological polar surface area (TPSA) is 61.4 Å². The van der Waals surface area contributed by atoms with Crippen molar-refractivity contribution < 1.29 is 9.90 Å². The second-order valence-electron chi connectivity index (χ2n) is 5.46. The molecule has 0 saturated heterocycles. The molecule has 0 aromatic heterocycles. The summed E-state index contributed by atoms with van der Waals surface area (Å²) in [6.45, 7) is 1.84. The van der Waals surface area contributed by atoms with E-state index in [9.17, 15) is 9.90 Å². The number of urea groups is 1. The van der Waals surface area contributed by atoms with Crippen molar-refractivity contribution in [1.29, 1.82) is 0 Å². The summed E-state index contributed by atoms with van der Waals surface area (Å²) < 4.78 is 0. The van der Waals surface area contributed by atoms with Gasteiger partial charge in [-0.2, -0.15) is 0 Å². The number of anilines is 1. The Morgan fingerprint density at radius 3 is 2.82 bits per heavy atom. The molecule has 0 unspecified atom stereocenters. The van der Waals surface area contributed by atoms with Crippen LogP contribution in [0, 0.1) is 6.92 Å². The second-order valence-corrected chi connectivity index (χ2v) is 5.87. The molecule has 0 radical (unpaired) electrons. The third-order valence-electron chi connectivity index (χ3n) is 4.01. The molecule has 3 rings (SSSR count). The van der Waals surface area contributed by atoms with E-state index in [4.69, 9.17) is 11.6 Å². The zero-order valence-electron chi connectivity index (χ0n) is 12.1. The van der Waals surface area contributed by atoms with E-state index in [0.29, 0.717) is 17.1 Å². The maximum atomic E-state index is 12.2. The van der Waals surface area contributed by atoms with Crippen molar-refractivity contribution in [2.45, 2.75) is 25.5 Å². The fourth-order valence-electron chi connectivity index (χ4n) is 2.79. The Morgan fingerprint density at radius 2 is 2.00 bits per heavy atom. The van der Waals surface area contributed by atoms with Gasteiger partial charge in [0.1, 0.15) is 0 Å². The average Bonchev–Trinajstić information content (AvgIpc) is 2.80. The first-order valence-corrected chi connectivity index (χ1v) is 7.52. The van der Waals surface area contributed by atoms with Crippen molar-refractivity contribution in [3.05, 3.63) is 64.2 Å². The van der Waals surface area contributed by atoms with E-state index in [1.807, 2.05) is 31.2 Å². The zero-order chi connectivity index (χ0) is 15.7. The van der Waals surface area contributed by atoms with Crippen LogP contribution >= 0.6 is 11.6 Å². The first-order chi connectivity index (χ1) is 10.6. The number of carbonyl (C=O) groups excluding carboxylic acids is 1. The third-order valence-corrected chi connectivity index (χ3v) is 4.42. The van der Waals surface area contributed by atoms with E-state index in [2.05, 4.69) is 10.6 Å². The Hall–Kier alpha value is -2.04. The van der Waals surface area contributed by atoms with E-state index < -0.39 is 12.1 Å². The van der Waals surface area contributed by atoms with Crippen LogP contribution in [0.1, 0.15) is 22.7 Å². The number of hydrogen-bond donors (Lipinski definition) is 3. The van der Waals surface area contributed by atoms with Gasteiger partial charge in [0, 0.05) is 17.1 Å².